The number of hydrogen-bond acceptors (Lipinski definition) is 5. The van der Waals surface area contributed by atoms with Crippen LogP contribution in [0, 0.1) is 6.92 Å². The topological polar surface area (TPSA) is 68.8 Å². The Morgan fingerprint density at radius 3 is 3.00 bits per heavy atom. The predicted molar refractivity (Wildman–Crippen MR) is 79.4 cm³/mol. The normalized spacial score (nSPS) is 11.4. The summed E-state index contributed by atoms with van der Waals surface area (Å²) in [6.07, 6.45) is 0. The highest BCUT2D eigenvalue weighted by Crippen LogP contribution is 2.24. The van der Waals surface area contributed by atoms with E-state index in [1.165, 1.54) is 18.8 Å². The molecule has 0 saturated carbocycles. The average Bonchev–Trinajstić information content (AvgIpc) is 3.03. The van der Waals surface area contributed by atoms with Crippen molar-refractivity contribution in [3.63, 3.8) is 0 Å². The highest BCUT2D eigenvalue weighted by molar-refractivity contribution is 7.16. The summed E-state index contributed by atoms with van der Waals surface area (Å²) in [6, 6.07) is 3.78. The molecule has 1 amide bonds. The molecule has 0 atom stereocenters. The summed E-state index contributed by atoms with van der Waals surface area (Å²) >= 11 is 1.55. The summed E-state index contributed by atoms with van der Waals surface area (Å²) < 4.78 is 3.00. The molecule has 0 aliphatic carbocycles. The summed E-state index contributed by atoms with van der Waals surface area (Å²) in [5.41, 5.74) is 0.235. The van der Waals surface area contributed by atoms with Crippen LogP contribution in [0.15, 0.2) is 22.3 Å². The summed E-state index contributed by atoms with van der Waals surface area (Å²) in [7, 11) is 2.88. The Hall–Kier alpha value is -2.19. The van der Waals surface area contributed by atoms with Gasteiger partial charge in [-0.2, -0.15) is 5.10 Å². The lowest BCUT2D eigenvalue weighted by atomic mass is 10.4. The van der Waals surface area contributed by atoms with Crippen LogP contribution in [0.1, 0.15) is 5.82 Å². The molecule has 3 aromatic heterocycles. The van der Waals surface area contributed by atoms with E-state index in [2.05, 4.69) is 5.10 Å². The molecule has 0 aromatic carbocycles. The van der Waals surface area contributed by atoms with E-state index < -0.39 is 0 Å². The number of hydroxylamine groups is 2. The molecule has 7 nitrogen and oxygen atoms in total. The van der Waals surface area contributed by atoms with E-state index in [4.69, 9.17) is 4.84 Å². The van der Waals surface area contributed by atoms with Gasteiger partial charge in [0.2, 0.25) is 0 Å². The summed E-state index contributed by atoms with van der Waals surface area (Å²) in [5.74, 6) is 0.319. The van der Waals surface area contributed by atoms with Crippen molar-refractivity contribution in [1.82, 2.24) is 19.2 Å². The third-order valence-corrected chi connectivity index (χ3v) is 4.28. The number of rotatable bonds is 3. The van der Waals surface area contributed by atoms with Crippen molar-refractivity contribution in [2.24, 2.45) is 0 Å². The first-order valence-electron chi connectivity index (χ1n) is 6.30. The Morgan fingerprint density at radius 1 is 1.52 bits per heavy atom. The molecule has 8 heteroatoms. The van der Waals surface area contributed by atoms with Crippen LogP contribution >= 0.6 is 11.3 Å². The number of carbonyl (C=O) groups is 1. The van der Waals surface area contributed by atoms with Gasteiger partial charge in [0.1, 0.15) is 22.7 Å². The molecule has 3 rings (SSSR count). The molecule has 0 radical (unpaired) electrons. The molecule has 110 valence electrons. The number of hydrogen-bond donors (Lipinski definition) is 0. The monoisotopic (exact) mass is 306 g/mol. The van der Waals surface area contributed by atoms with Crippen molar-refractivity contribution >= 4 is 33.0 Å². The van der Waals surface area contributed by atoms with Gasteiger partial charge in [-0.05, 0) is 24.4 Å². The van der Waals surface area contributed by atoms with Crippen LogP contribution in [0.25, 0.3) is 15.7 Å². The minimum absolute atomic E-state index is 0.153. The molecule has 3 aromatic rings. The van der Waals surface area contributed by atoms with Crippen LogP contribution in [0.4, 0.5) is 0 Å². The van der Waals surface area contributed by atoms with Crippen molar-refractivity contribution < 1.29 is 9.63 Å². The third kappa shape index (κ3) is 2.12. The molecule has 0 spiro atoms. The van der Waals surface area contributed by atoms with Gasteiger partial charge in [0, 0.05) is 12.4 Å². The Labute approximate surface area is 123 Å². The Bertz CT molecular complexity index is 892. The third-order valence-electron chi connectivity index (χ3n) is 3.36. The fraction of sp³-hybridized carbons (Fsp3) is 0.308. The van der Waals surface area contributed by atoms with Gasteiger partial charge < -0.3 is 0 Å². The fourth-order valence-corrected chi connectivity index (χ4v) is 3.18. The zero-order valence-electron chi connectivity index (χ0n) is 11.9. The number of amides is 1. The highest BCUT2D eigenvalue weighted by atomic mass is 32.1. The van der Waals surface area contributed by atoms with Crippen molar-refractivity contribution in [1.29, 1.82) is 0 Å². The summed E-state index contributed by atoms with van der Waals surface area (Å²) in [5, 5.41) is 8.28. The number of thiophene rings is 1. The van der Waals surface area contributed by atoms with E-state index in [1.54, 1.807) is 11.3 Å². The van der Waals surface area contributed by atoms with Crippen LogP contribution in [0.5, 0.6) is 0 Å². The Kier molecular flexibility index (Phi) is 3.26. The van der Waals surface area contributed by atoms with Crippen molar-refractivity contribution in [2.45, 2.75) is 13.5 Å². The van der Waals surface area contributed by atoms with Gasteiger partial charge in [0.25, 0.3) is 11.5 Å². The standard InChI is InChI=1S/C13H14N4O3S/c1-8-14-16(7-11(18)15(2)20-3)12(19)10-6-9-4-5-21-13(9)17(8)10/h4-6H,7H2,1-3H3. The van der Waals surface area contributed by atoms with Crippen LogP contribution in [-0.2, 0) is 16.2 Å². The van der Waals surface area contributed by atoms with Crippen LogP contribution in [0.3, 0.4) is 0 Å². The van der Waals surface area contributed by atoms with Gasteiger partial charge in [-0.1, -0.05) is 0 Å². The first-order chi connectivity index (χ1) is 10.0. The van der Waals surface area contributed by atoms with Gasteiger partial charge in [-0.25, -0.2) is 9.75 Å². The Morgan fingerprint density at radius 2 is 2.29 bits per heavy atom. The number of nitrogens with zero attached hydrogens (tertiary/aromatic N) is 4. The van der Waals surface area contributed by atoms with Gasteiger partial charge >= 0.3 is 0 Å². The SMILES string of the molecule is CON(C)C(=O)Cn1nc(C)n2c(cc3ccsc32)c1=O. The van der Waals surface area contributed by atoms with Crippen LogP contribution in [-0.4, -0.2) is 39.3 Å². The van der Waals surface area contributed by atoms with Gasteiger partial charge in [0.05, 0.1) is 7.11 Å². The minimum Gasteiger partial charge on any atom is -0.282 e. The van der Waals surface area contributed by atoms with Gasteiger partial charge in [-0.3, -0.25) is 18.8 Å². The van der Waals surface area contributed by atoms with Crippen LogP contribution < -0.4 is 5.56 Å². The van der Waals surface area contributed by atoms with Gasteiger partial charge in [-0.15, -0.1) is 11.3 Å². The number of fused-ring (bicyclic) bond motifs is 3. The maximum Gasteiger partial charge on any atom is 0.291 e. The summed E-state index contributed by atoms with van der Waals surface area (Å²) in [4.78, 5) is 30.1. The largest absolute Gasteiger partial charge is 0.291 e. The van der Waals surface area contributed by atoms with Crippen molar-refractivity contribution in [3.05, 3.63) is 33.7 Å². The first kappa shape index (κ1) is 13.8. The molecule has 0 unspecified atom stereocenters. The molecular formula is C13H14N4O3S. The molecule has 0 N–H and O–H groups in total. The second-order valence-corrected chi connectivity index (χ2v) is 5.52. The fourth-order valence-electron chi connectivity index (χ4n) is 2.24. The highest BCUT2D eigenvalue weighted by Gasteiger charge is 2.16. The van der Waals surface area contributed by atoms with E-state index in [0.29, 0.717) is 11.3 Å². The molecule has 21 heavy (non-hydrogen) atoms. The summed E-state index contributed by atoms with van der Waals surface area (Å²) in [6.45, 7) is 1.66. The number of aromatic nitrogens is 3. The molecule has 0 saturated heterocycles. The molecular weight excluding hydrogens is 292 g/mol. The molecule has 3 heterocycles. The Balaban J connectivity index is 2.15. The molecule has 0 fully saturated rings. The second-order valence-electron chi connectivity index (χ2n) is 4.63. The van der Waals surface area contributed by atoms with Crippen molar-refractivity contribution in [3.8, 4) is 0 Å². The minimum atomic E-state index is -0.343. The quantitative estimate of drug-likeness (QED) is 0.678. The lowest BCUT2D eigenvalue weighted by Gasteiger charge is -2.14. The van der Waals surface area contributed by atoms with Crippen LogP contribution in [0.2, 0.25) is 0 Å². The van der Waals surface area contributed by atoms with Crippen molar-refractivity contribution in [2.75, 3.05) is 14.2 Å². The zero-order chi connectivity index (χ0) is 15.1. The van der Waals surface area contributed by atoms with E-state index in [1.807, 2.05) is 28.8 Å². The predicted octanol–water partition coefficient (Wildman–Crippen LogP) is 1.04. The number of aryl methyl sites for hydroxylation is 1. The van der Waals surface area contributed by atoms with Gasteiger partial charge in [0.15, 0.2) is 0 Å². The molecule has 0 bridgehead atoms. The molecule has 0 aliphatic rings. The van der Waals surface area contributed by atoms with E-state index in [-0.39, 0.29) is 18.0 Å². The average molecular weight is 306 g/mol. The van der Waals surface area contributed by atoms with E-state index >= 15 is 0 Å². The number of likely N-dealkylation sites (N-methyl/N-ethyl adjacent to an activating group) is 1. The first-order valence-corrected chi connectivity index (χ1v) is 7.18. The van der Waals surface area contributed by atoms with E-state index in [0.717, 1.165) is 15.3 Å². The molecule has 0 aliphatic heterocycles. The zero-order valence-corrected chi connectivity index (χ0v) is 12.7. The maximum atomic E-state index is 12.5. The van der Waals surface area contributed by atoms with E-state index in [9.17, 15) is 9.59 Å². The second kappa shape index (κ2) is 4.97. The lowest BCUT2D eigenvalue weighted by Crippen LogP contribution is -2.35. The lowest BCUT2D eigenvalue weighted by molar-refractivity contribution is -0.169. The maximum absolute atomic E-state index is 12.5. The number of carbonyl (C=O) groups excluding carboxylic acids is 1. The smallest absolute Gasteiger partial charge is 0.282 e.